The van der Waals surface area contributed by atoms with E-state index < -0.39 is 18.0 Å². The van der Waals surface area contributed by atoms with E-state index in [-0.39, 0.29) is 42.5 Å². The van der Waals surface area contributed by atoms with Gasteiger partial charge in [0, 0.05) is 83.6 Å². The normalized spacial score (nSPS) is 21.7. The standard InChI is InChI=1S/C44H59N7O9/c1-30-27-31(28-37-39(30)46(2)43(55)59-37)29-38(60-44(56)49-19-13-34(14-20-49)51-21-10-32-7-3-4-8-35(32)45-42(51)54)40(52)48-17-11-33(12-18-48)50-16-5-9-36(50)41(53)58-24-6-15-47-22-25-57-26-23-47/h3-4,7-8,27-28,33-34,36,38H,5-6,9-26,29H2,1-2H3,(H,45,54)/t36-,38+/m0/s1. The van der Waals surface area contributed by atoms with Crippen LogP contribution in [0.25, 0.3) is 11.1 Å². The van der Waals surface area contributed by atoms with E-state index in [1.165, 1.54) is 4.57 Å². The van der Waals surface area contributed by atoms with Gasteiger partial charge in [0.15, 0.2) is 11.7 Å². The van der Waals surface area contributed by atoms with Crippen molar-refractivity contribution in [3.8, 4) is 0 Å². The maximum atomic E-state index is 14.4. The van der Waals surface area contributed by atoms with E-state index in [0.717, 1.165) is 81.9 Å². The summed E-state index contributed by atoms with van der Waals surface area (Å²) in [6.07, 6.45) is 4.22. The van der Waals surface area contributed by atoms with Gasteiger partial charge in [0.2, 0.25) is 0 Å². The molecular formula is C44H59N7O9. The number of esters is 1. The number of amides is 4. The number of rotatable bonds is 11. The van der Waals surface area contributed by atoms with Crippen molar-refractivity contribution in [1.82, 2.24) is 29.1 Å². The third-order valence-corrected chi connectivity index (χ3v) is 13.2. The third-order valence-electron chi connectivity index (χ3n) is 13.2. The molecule has 60 heavy (non-hydrogen) atoms. The number of ether oxygens (including phenoxy) is 3. The quantitative estimate of drug-likeness (QED) is 0.222. The van der Waals surface area contributed by atoms with Crippen molar-refractivity contribution >= 4 is 40.8 Å². The fourth-order valence-electron chi connectivity index (χ4n) is 9.87. The molecule has 4 fully saturated rings. The van der Waals surface area contributed by atoms with Gasteiger partial charge in [-0.2, -0.15) is 0 Å². The number of aryl methyl sites for hydroxylation is 2. The Bertz CT molecular complexity index is 2080. The third kappa shape index (κ3) is 9.35. The van der Waals surface area contributed by atoms with Crippen LogP contribution in [0.3, 0.4) is 0 Å². The highest BCUT2D eigenvalue weighted by Crippen LogP contribution is 2.29. The molecule has 1 N–H and O–H groups in total. The Morgan fingerprint density at radius 3 is 2.40 bits per heavy atom. The summed E-state index contributed by atoms with van der Waals surface area (Å²) in [5.74, 6) is -0.914. The number of nitrogens with one attached hydrogen (secondary N) is 1. The Morgan fingerprint density at radius 2 is 1.62 bits per heavy atom. The number of fused-ring (bicyclic) bond motifs is 2. The number of para-hydroxylation sites is 1. The van der Waals surface area contributed by atoms with E-state index in [4.69, 9.17) is 18.6 Å². The van der Waals surface area contributed by atoms with Crippen LogP contribution >= 0.6 is 0 Å². The van der Waals surface area contributed by atoms with Crippen LogP contribution < -0.4 is 11.1 Å². The van der Waals surface area contributed by atoms with Crippen molar-refractivity contribution in [1.29, 1.82) is 0 Å². The molecule has 2 aromatic carbocycles. The Morgan fingerprint density at radius 1 is 0.883 bits per heavy atom. The Hall–Kier alpha value is -4.93. The lowest BCUT2D eigenvalue weighted by molar-refractivity contribution is -0.151. The van der Waals surface area contributed by atoms with Gasteiger partial charge in [0.05, 0.1) is 25.3 Å². The molecule has 0 spiro atoms. The van der Waals surface area contributed by atoms with Crippen molar-refractivity contribution < 1.29 is 37.8 Å². The summed E-state index contributed by atoms with van der Waals surface area (Å²) < 4.78 is 24.3. The number of likely N-dealkylation sites (tertiary alicyclic amines) is 3. The van der Waals surface area contributed by atoms with E-state index in [1.54, 1.807) is 22.9 Å². The summed E-state index contributed by atoms with van der Waals surface area (Å²) in [4.78, 5) is 77.0. The fourth-order valence-corrected chi connectivity index (χ4v) is 9.87. The molecule has 1 aromatic heterocycles. The minimum absolute atomic E-state index is 0.0327. The number of morpholine rings is 1. The lowest BCUT2D eigenvalue weighted by Gasteiger charge is -2.40. The fraction of sp³-hybridized carbons (Fsp3) is 0.614. The van der Waals surface area contributed by atoms with E-state index >= 15 is 0 Å². The number of benzene rings is 2. The second kappa shape index (κ2) is 18.8. The average molecular weight is 830 g/mol. The molecule has 0 aliphatic carbocycles. The lowest BCUT2D eigenvalue weighted by Crippen LogP contribution is -2.53. The monoisotopic (exact) mass is 829 g/mol. The van der Waals surface area contributed by atoms with Crippen LogP contribution in [0.1, 0.15) is 61.6 Å². The van der Waals surface area contributed by atoms with Crippen LogP contribution in [-0.4, -0.2) is 156 Å². The number of carbonyl (C=O) groups excluding carboxylic acids is 4. The van der Waals surface area contributed by atoms with Crippen molar-refractivity contribution in [2.45, 2.75) is 88.9 Å². The first-order valence-corrected chi connectivity index (χ1v) is 21.8. The zero-order valence-electron chi connectivity index (χ0n) is 35.0. The molecule has 0 saturated carbocycles. The largest absolute Gasteiger partial charge is 0.464 e. The summed E-state index contributed by atoms with van der Waals surface area (Å²) in [6.45, 7) is 9.61. The molecule has 0 bridgehead atoms. The molecule has 0 radical (unpaired) electrons. The van der Waals surface area contributed by atoms with E-state index in [1.807, 2.05) is 42.2 Å². The lowest BCUT2D eigenvalue weighted by atomic mass is 9.99. The summed E-state index contributed by atoms with van der Waals surface area (Å²) in [5.41, 5.74) is 4.55. The first-order valence-electron chi connectivity index (χ1n) is 21.8. The predicted molar refractivity (Wildman–Crippen MR) is 223 cm³/mol. The Labute approximate surface area is 350 Å². The molecule has 6 heterocycles. The van der Waals surface area contributed by atoms with Gasteiger partial charge in [-0.25, -0.2) is 14.4 Å². The zero-order chi connectivity index (χ0) is 41.8. The van der Waals surface area contributed by atoms with E-state index in [9.17, 15) is 24.0 Å². The highest BCUT2D eigenvalue weighted by molar-refractivity contribution is 5.91. The van der Waals surface area contributed by atoms with Crippen LogP contribution in [0.5, 0.6) is 0 Å². The summed E-state index contributed by atoms with van der Waals surface area (Å²) in [6, 6.07) is 11.2. The molecule has 5 aliphatic heterocycles. The molecule has 8 rings (SSSR count). The molecule has 0 unspecified atom stereocenters. The maximum absolute atomic E-state index is 14.4. The highest BCUT2D eigenvalue weighted by atomic mass is 16.6. The van der Waals surface area contributed by atoms with Crippen LogP contribution in [0, 0.1) is 6.92 Å². The van der Waals surface area contributed by atoms with Crippen LogP contribution in [-0.2, 0) is 43.7 Å². The van der Waals surface area contributed by atoms with Crippen molar-refractivity contribution in [3.63, 3.8) is 0 Å². The van der Waals surface area contributed by atoms with Crippen molar-refractivity contribution in [2.24, 2.45) is 7.05 Å². The number of urea groups is 1. The van der Waals surface area contributed by atoms with Gasteiger partial charge < -0.3 is 38.6 Å². The molecule has 324 valence electrons. The number of hydrogen-bond acceptors (Lipinski definition) is 11. The second-order valence-electron chi connectivity index (χ2n) is 16.9. The maximum Gasteiger partial charge on any atom is 0.419 e. The van der Waals surface area contributed by atoms with Gasteiger partial charge in [-0.3, -0.25) is 24.0 Å². The molecule has 16 nitrogen and oxygen atoms in total. The van der Waals surface area contributed by atoms with Gasteiger partial charge in [-0.15, -0.1) is 0 Å². The molecule has 2 atom stereocenters. The summed E-state index contributed by atoms with van der Waals surface area (Å²) in [5, 5.41) is 3.05. The van der Waals surface area contributed by atoms with Gasteiger partial charge in [-0.05, 0) is 93.7 Å². The zero-order valence-corrected chi connectivity index (χ0v) is 35.0. The number of oxazole rings is 1. The van der Waals surface area contributed by atoms with Crippen LogP contribution in [0.4, 0.5) is 15.3 Å². The Balaban J connectivity index is 0.888. The first-order chi connectivity index (χ1) is 29.1. The molecule has 4 saturated heterocycles. The topological polar surface area (TPSA) is 159 Å². The number of piperidine rings is 2. The Kier molecular flexibility index (Phi) is 13.1. The number of anilines is 1. The minimum Gasteiger partial charge on any atom is -0.464 e. The SMILES string of the molecule is Cc1cc(C[C@@H](OC(=O)N2CCC(N3CCc4ccccc4NC3=O)CC2)C(=O)N2CCC(N3CCC[C@H]3C(=O)OCCCN3CCOCC3)CC2)cc2oc(=O)n(C)c12. The molecular weight excluding hydrogens is 771 g/mol. The van der Waals surface area contributed by atoms with Crippen molar-refractivity contribution in [2.75, 3.05) is 84.0 Å². The second-order valence-corrected chi connectivity index (χ2v) is 16.9. The number of carbonyl (C=O) groups is 4. The first kappa shape index (κ1) is 41.8. The van der Waals surface area contributed by atoms with Gasteiger partial charge in [0.1, 0.15) is 6.04 Å². The highest BCUT2D eigenvalue weighted by Gasteiger charge is 2.40. The van der Waals surface area contributed by atoms with Gasteiger partial charge in [0.25, 0.3) is 5.91 Å². The van der Waals surface area contributed by atoms with Gasteiger partial charge in [-0.1, -0.05) is 24.3 Å². The molecule has 5 aliphatic rings. The summed E-state index contributed by atoms with van der Waals surface area (Å²) in [7, 11) is 1.65. The number of aromatic nitrogens is 1. The minimum atomic E-state index is -1.11. The van der Waals surface area contributed by atoms with Crippen LogP contribution in [0.2, 0.25) is 0 Å². The summed E-state index contributed by atoms with van der Waals surface area (Å²) >= 11 is 0. The molecule has 16 heteroatoms. The van der Waals surface area contributed by atoms with Crippen LogP contribution in [0.15, 0.2) is 45.6 Å². The molecule has 4 amide bonds. The number of nitrogens with zero attached hydrogens (tertiary/aromatic N) is 6. The van der Waals surface area contributed by atoms with E-state index in [2.05, 4.69) is 15.1 Å². The molecule has 3 aromatic rings. The smallest absolute Gasteiger partial charge is 0.419 e. The van der Waals surface area contributed by atoms with Crippen molar-refractivity contribution in [3.05, 3.63) is 63.6 Å². The van der Waals surface area contributed by atoms with Gasteiger partial charge >= 0.3 is 23.8 Å². The number of hydrogen-bond donors (Lipinski definition) is 1. The average Bonchev–Trinajstić information content (AvgIpc) is 3.82. The predicted octanol–water partition coefficient (Wildman–Crippen LogP) is 3.76. The van der Waals surface area contributed by atoms with E-state index in [0.29, 0.717) is 81.7 Å².